The van der Waals surface area contributed by atoms with Crippen molar-refractivity contribution in [3.63, 3.8) is 0 Å². The Morgan fingerprint density at radius 2 is 1.53 bits per heavy atom. The fourth-order valence-electron chi connectivity index (χ4n) is 7.19. The van der Waals surface area contributed by atoms with Gasteiger partial charge in [0.05, 0.1) is 5.02 Å². The van der Waals surface area contributed by atoms with Gasteiger partial charge in [0.25, 0.3) is 0 Å². The molecule has 18 heteroatoms. The zero-order chi connectivity index (χ0) is 45.0. The number of rotatable bonds is 12. The Morgan fingerprint density at radius 3 is 2.13 bits per heavy atom. The van der Waals surface area contributed by atoms with Gasteiger partial charge in [-0.25, -0.2) is 9.59 Å². The van der Waals surface area contributed by atoms with E-state index in [0.29, 0.717) is 35.7 Å². The molecule has 2 heterocycles. The summed E-state index contributed by atoms with van der Waals surface area (Å²) in [6.07, 6.45) is 3.27. The number of likely N-dealkylation sites (N-methyl/N-ethyl adjacent to an activating group) is 1. The van der Waals surface area contributed by atoms with Crippen LogP contribution in [0, 0.1) is 23.7 Å². The van der Waals surface area contributed by atoms with Crippen molar-refractivity contribution >= 4 is 64.0 Å². The van der Waals surface area contributed by atoms with Crippen LogP contribution >= 0.6 is 11.6 Å². The second-order valence-electron chi connectivity index (χ2n) is 17.1. The van der Waals surface area contributed by atoms with E-state index in [0.717, 1.165) is 0 Å². The van der Waals surface area contributed by atoms with Gasteiger partial charge >= 0.3 is 12.0 Å². The van der Waals surface area contributed by atoms with Gasteiger partial charge < -0.3 is 52.0 Å². The van der Waals surface area contributed by atoms with Crippen molar-refractivity contribution in [1.82, 2.24) is 41.8 Å². The van der Waals surface area contributed by atoms with Crippen LogP contribution in [0.25, 0.3) is 10.9 Å². The maximum Gasteiger partial charge on any atom is 0.326 e. The molecule has 1 aromatic heterocycles. The number of nitrogens with zero attached hydrogens (tertiary/aromatic N) is 1. The molecular formula is C42H65ClN8O9. The Hall–Kier alpha value is -5.06. The van der Waals surface area contributed by atoms with Crippen molar-refractivity contribution in [3.05, 3.63) is 28.9 Å². The Bertz CT molecular complexity index is 1850. The highest BCUT2D eigenvalue weighted by Gasteiger charge is 2.37. The van der Waals surface area contributed by atoms with Gasteiger partial charge in [0.15, 0.2) is 0 Å². The lowest BCUT2D eigenvalue weighted by molar-refractivity contribution is -0.143. The van der Waals surface area contributed by atoms with Gasteiger partial charge in [-0.15, -0.1) is 0 Å². The fraction of sp³-hybridized carbons (Fsp3) is 0.643. The van der Waals surface area contributed by atoms with Gasteiger partial charge in [-0.2, -0.15) is 0 Å². The SMILES string of the molecule is CCC(C)[C@H](NC(=O)N[C@@H]1CCCCNC(=O)[C@H](Cc2c[nH]c3cc(Cl)c(O)cc23)NC(=O)[C@H](CC(C)C)N(C)C(=O)[C@H](CC(C)C)NC(=O)[C@H](C(C)C)NC1=O)C(=O)O. The van der Waals surface area contributed by atoms with Crippen molar-refractivity contribution in [2.24, 2.45) is 23.7 Å². The number of urea groups is 1. The summed E-state index contributed by atoms with van der Waals surface area (Å²) < 4.78 is 0. The van der Waals surface area contributed by atoms with Crippen LogP contribution in [0.15, 0.2) is 18.3 Å². The molecule has 1 aliphatic heterocycles. The number of H-pyrrole nitrogens is 1. The molecule has 1 saturated heterocycles. The molecule has 7 amide bonds. The number of aliphatic carboxylic acids is 1. The van der Waals surface area contributed by atoms with Crippen LogP contribution in [-0.2, 0) is 35.2 Å². The first-order valence-corrected chi connectivity index (χ1v) is 21.3. The number of carbonyl (C=O) groups is 7. The second-order valence-corrected chi connectivity index (χ2v) is 17.5. The zero-order valence-electron chi connectivity index (χ0n) is 36.2. The predicted molar refractivity (Wildman–Crippen MR) is 228 cm³/mol. The molecule has 3 rings (SSSR count). The van der Waals surface area contributed by atoms with E-state index in [1.807, 2.05) is 27.7 Å². The lowest BCUT2D eigenvalue weighted by Crippen LogP contribution is -2.61. The van der Waals surface area contributed by atoms with Gasteiger partial charge in [-0.05, 0) is 73.5 Å². The topological polar surface area (TPSA) is 251 Å². The third kappa shape index (κ3) is 13.7. The number of hydrogen-bond donors (Lipinski definition) is 9. The first-order chi connectivity index (χ1) is 28.1. The lowest BCUT2D eigenvalue weighted by Gasteiger charge is -2.34. The number of nitrogens with one attached hydrogen (secondary N) is 7. The molecule has 0 aliphatic carbocycles. The number of amides is 7. The molecule has 60 heavy (non-hydrogen) atoms. The summed E-state index contributed by atoms with van der Waals surface area (Å²) in [4.78, 5) is 100. The Kier molecular flexibility index (Phi) is 18.5. The van der Waals surface area contributed by atoms with E-state index >= 15 is 0 Å². The molecule has 1 fully saturated rings. The maximum atomic E-state index is 14.4. The van der Waals surface area contributed by atoms with Crippen LogP contribution in [-0.4, -0.2) is 111 Å². The maximum absolute atomic E-state index is 14.4. The summed E-state index contributed by atoms with van der Waals surface area (Å²) in [5, 5.41) is 37.2. The van der Waals surface area contributed by atoms with E-state index in [1.165, 1.54) is 18.0 Å². The standard InChI is InChI=1S/C42H65ClN8O9/c1-10-24(8)35(41(58)59)50-42(60)48-28-13-11-12-14-44-36(53)30(17-25-20-45-29-19-27(43)33(52)18-26(25)29)46-38(55)32(16-22(4)5)51(9)40(57)31(15-21(2)3)47-39(56)34(23(6)7)49-37(28)54/h18-24,28,30-32,34-35,45,52H,10-17H2,1-9H3,(H,44,53)(H,46,55)(H,47,56)(H,49,54)(H,58,59)(H2,48,50,60)/t24?,28-,30+,31+,32+,34+,35+/m1/s1. The van der Waals surface area contributed by atoms with E-state index in [1.54, 1.807) is 40.0 Å². The number of carboxylic acid groups (broad SMARTS) is 1. The van der Waals surface area contributed by atoms with Crippen molar-refractivity contribution in [2.75, 3.05) is 13.6 Å². The molecule has 0 radical (unpaired) electrons. The molecular weight excluding hydrogens is 796 g/mol. The fourth-order valence-corrected chi connectivity index (χ4v) is 7.35. The van der Waals surface area contributed by atoms with E-state index in [4.69, 9.17) is 11.6 Å². The molecule has 0 saturated carbocycles. The minimum absolute atomic E-state index is 0.00257. The first kappa shape index (κ1) is 49.3. The molecule has 0 spiro atoms. The highest BCUT2D eigenvalue weighted by atomic mass is 35.5. The average molecular weight is 861 g/mol. The smallest absolute Gasteiger partial charge is 0.326 e. The minimum Gasteiger partial charge on any atom is -0.506 e. The zero-order valence-corrected chi connectivity index (χ0v) is 37.0. The van der Waals surface area contributed by atoms with E-state index in [9.17, 15) is 43.8 Å². The number of fused-ring (bicyclic) bond motifs is 1. The summed E-state index contributed by atoms with van der Waals surface area (Å²) in [7, 11) is 1.48. The number of carboxylic acids is 1. The summed E-state index contributed by atoms with van der Waals surface area (Å²) in [6, 6.07) is -4.69. The van der Waals surface area contributed by atoms with Crippen LogP contribution in [0.3, 0.4) is 0 Å². The lowest BCUT2D eigenvalue weighted by atomic mass is 9.97. The van der Waals surface area contributed by atoms with E-state index in [2.05, 4.69) is 36.9 Å². The van der Waals surface area contributed by atoms with Gasteiger partial charge in [0.1, 0.15) is 42.0 Å². The molecule has 0 bridgehead atoms. The number of aromatic amines is 1. The van der Waals surface area contributed by atoms with Gasteiger partial charge in [0.2, 0.25) is 29.5 Å². The number of phenols is 1. The monoisotopic (exact) mass is 860 g/mol. The van der Waals surface area contributed by atoms with Crippen LogP contribution in [0.5, 0.6) is 5.75 Å². The van der Waals surface area contributed by atoms with Gasteiger partial charge in [-0.3, -0.25) is 24.0 Å². The molecule has 2 aromatic rings. The molecule has 7 atom stereocenters. The summed E-state index contributed by atoms with van der Waals surface area (Å²) in [6.45, 7) is 14.6. The number of phenolic OH excluding ortho intramolecular Hbond substituents is 1. The van der Waals surface area contributed by atoms with Crippen LogP contribution in [0.2, 0.25) is 5.02 Å². The van der Waals surface area contributed by atoms with E-state index < -0.39 is 89.6 Å². The van der Waals surface area contributed by atoms with Crippen molar-refractivity contribution in [2.45, 2.75) is 137 Å². The molecule has 1 aliphatic rings. The quantitative estimate of drug-likeness (QED) is 0.151. The minimum atomic E-state index is -1.23. The van der Waals surface area contributed by atoms with Gasteiger partial charge in [0, 0.05) is 37.1 Å². The third-order valence-corrected chi connectivity index (χ3v) is 11.2. The largest absolute Gasteiger partial charge is 0.506 e. The van der Waals surface area contributed by atoms with E-state index in [-0.39, 0.29) is 54.8 Å². The molecule has 1 unspecified atom stereocenters. The summed E-state index contributed by atoms with van der Waals surface area (Å²) in [5.74, 6) is -5.36. The number of benzene rings is 1. The molecule has 1 aromatic carbocycles. The normalized spacial score (nSPS) is 22.9. The van der Waals surface area contributed by atoms with Crippen LogP contribution in [0.4, 0.5) is 4.79 Å². The van der Waals surface area contributed by atoms with Crippen molar-refractivity contribution < 1.29 is 43.8 Å². The first-order valence-electron chi connectivity index (χ1n) is 20.9. The number of carbonyl (C=O) groups excluding carboxylic acids is 6. The number of aromatic hydroxyl groups is 1. The summed E-state index contributed by atoms with van der Waals surface area (Å²) >= 11 is 6.13. The Labute approximate surface area is 357 Å². The van der Waals surface area contributed by atoms with Crippen LogP contribution < -0.4 is 31.9 Å². The number of hydrogen-bond acceptors (Lipinski definition) is 8. The van der Waals surface area contributed by atoms with Gasteiger partial charge in [-0.1, -0.05) is 73.4 Å². The predicted octanol–water partition coefficient (Wildman–Crippen LogP) is 3.57. The Balaban J connectivity index is 2.06. The molecule has 334 valence electrons. The highest BCUT2D eigenvalue weighted by molar-refractivity contribution is 6.32. The second kappa shape index (κ2) is 22.5. The summed E-state index contributed by atoms with van der Waals surface area (Å²) in [5.41, 5.74) is 1.22. The van der Waals surface area contributed by atoms with Crippen molar-refractivity contribution in [1.29, 1.82) is 0 Å². The third-order valence-electron chi connectivity index (χ3n) is 10.9. The Morgan fingerprint density at radius 1 is 0.883 bits per heavy atom. The molecule has 9 N–H and O–H groups in total. The highest BCUT2D eigenvalue weighted by Crippen LogP contribution is 2.31. The average Bonchev–Trinajstić information content (AvgIpc) is 3.55. The molecule has 17 nitrogen and oxygen atoms in total. The number of aromatic nitrogens is 1. The number of halogens is 1. The van der Waals surface area contributed by atoms with Crippen molar-refractivity contribution in [3.8, 4) is 5.75 Å². The van der Waals surface area contributed by atoms with Crippen LogP contribution in [0.1, 0.15) is 99.5 Å².